The van der Waals surface area contributed by atoms with Gasteiger partial charge in [-0.2, -0.15) is 4.98 Å². The van der Waals surface area contributed by atoms with Gasteiger partial charge in [-0.3, -0.25) is 23.9 Å². The van der Waals surface area contributed by atoms with Crippen molar-refractivity contribution in [3.63, 3.8) is 0 Å². The Morgan fingerprint density at radius 2 is 1.90 bits per heavy atom. The molecule has 2 aliphatic carbocycles. The topological polar surface area (TPSA) is 164 Å². The molecule has 0 radical (unpaired) electrons. The third-order valence-corrected chi connectivity index (χ3v) is 12.3. The van der Waals surface area contributed by atoms with Gasteiger partial charge in [-0.15, -0.1) is 6.58 Å². The minimum absolute atomic E-state index is 0.00759. The van der Waals surface area contributed by atoms with Crippen LogP contribution in [0.5, 0.6) is 5.88 Å². The second-order valence-corrected chi connectivity index (χ2v) is 17.7. The predicted molar refractivity (Wildman–Crippen MR) is 197 cm³/mol. The van der Waals surface area contributed by atoms with E-state index in [-0.39, 0.29) is 32.4 Å². The van der Waals surface area contributed by atoms with Crippen LogP contribution in [0.1, 0.15) is 71.3 Å². The smallest absolute Gasteiger partial charge is 0.306 e. The van der Waals surface area contributed by atoms with Crippen LogP contribution in [0.25, 0.3) is 16.8 Å². The average molecular weight is 736 g/mol. The van der Waals surface area contributed by atoms with Crippen molar-refractivity contribution in [1.29, 1.82) is 0 Å². The highest BCUT2D eigenvalue weighted by Crippen LogP contribution is 2.46. The van der Waals surface area contributed by atoms with Crippen molar-refractivity contribution in [3.05, 3.63) is 48.6 Å². The van der Waals surface area contributed by atoms with Crippen molar-refractivity contribution < 1.29 is 37.1 Å². The molecule has 4 aliphatic rings. The molecule has 2 N–H and O–H groups in total. The van der Waals surface area contributed by atoms with E-state index >= 15 is 0 Å². The maximum absolute atomic E-state index is 14.6. The molecule has 52 heavy (non-hydrogen) atoms. The fourth-order valence-electron chi connectivity index (χ4n) is 6.99. The fourth-order valence-corrected chi connectivity index (χ4v) is 8.36. The van der Waals surface area contributed by atoms with Gasteiger partial charge in [-0.1, -0.05) is 51.1 Å². The monoisotopic (exact) mass is 735 g/mol. The molecule has 3 amide bonds. The molecule has 280 valence electrons. The minimum Gasteiger partial charge on any atom is -0.472 e. The van der Waals surface area contributed by atoms with E-state index in [9.17, 15) is 27.6 Å². The van der Waals surface area contributed by atoms with E-state index in [1.165, 1.54) is 11.0 Å². The van der Waals surface area contributed by atoms with Crippen molar-refractivity contribution in [2.75, 3.05) is 32.1 Å². The standard InChI is InChI=1S/C38H49N5O8S/c1-7-25-21-38(25,36(47)41-52(48,49)27-14-15-27)40-33(45)30-19-26-22-43(30)35(46)29(37(2,3)4)20-32(44)50-16-10-8-9-11-23-12-13-24-18-31(42(5)6)39-34(51-26)28(24)17-23/h7,9,11-13,17-18,25-27,29-30H,1,8,10,14-16,19-22H2,2-6H3,(H,40,45)(H,41,47)/b11-9+/t25-,26+,29+,30-,38+/m0/s1. The van der Waals surface area contributed by atoms with Gasteiger partial charge < -0.3 is 24.6 Å². The van der Waals surface area contributed by atoms with Crippen LogP contribution in [0.4, 0.5) is 5.82 Å². The molecule has 6 rings (SSSR count). The zero-order valence-electron chi connectivity index (χ0n) is 30.5. The largest absolute Gasteiger partial charge is 0.472 e. The molecule has 1 aromatic heterocycles. The molecule has 14 heteroatoms. The van der Waals surface area contributed by atoms with Gasteiger partial charge in [0.15, 0.2) is 0 Å². The first kappa shape index (κ1) is 37.3. The number of fused-ring (bicyclic) bond motifs is 3. The van der Waals surface area contributed by atoms with Gasteiger partial charge in [-0.05, 0) is 60.6 Å². The number of allylic oxidation sites excluding steroid dienone is 1. The van der Waals surface area contributed by atoms with Gasteiger partial charge in [0.25, 0.3) is 5.91 Å². The predicted octanol–water partition coefficient (Wildman–Crippen LogP) is 3.72. The number of ether oxygens (including phenoxy) is 2. The van der Waals surface area contributed by atoms with Gasteiger partial charge >= 0.3 is 5.97 Å². The number of amides is 3. The van der Waals surface area contributed by atoms with E-state index in [1.54, 1.807) is 0 Å². The molecule has 2 saturated carbocycles. The summed E-state index contributed by atoms with van der Waals surface area (Å²) in [5.74, 6) is -2.71. The summed E-state index contributed by atoms with van der Waals surface area (Å²) in [6.07, 6.45) is 7.10. The van der Waals surface area contributed by atoms with E-state index in [0.717, 1.165) is 16.3 Å². The number of hydrogen-bond donors (Lipinski definition) is 2. The summed E-state index contributed by atoms with van der Waals surface area (Å²) in [6, 6.07) is 6.84. The lowest BCUT2D eigenvalue weighted by molar-refractivity contribution is -0.153. The van der Waals surface area contributed by atoms with Crippen LogP contribution in [0.15, 0.2) is 43.0 Å². The summed E-state index contributed by atoms with van der Waals surface area (Å²) in [4.78, 5) is 63.6. The number of pyridine rings is 1. The minimum atomic E-state index is -3.89. The van der Waals surface area contributed by atoms with Crippen molar-refractivity contribution in [2.45, 2.75) is 88.7 Å². The molecule has 0 unspecified atom stereocenters. The van der Waals surface area contributed by atoms with Gasteiger partial charge in [0.05, 0.1) is 30.7 Å². The van der Waals surface area contributed by atoms with Crippen molar-refractivity contribution in [1.82, 2.24) is 19.9 Å². The van der Waals surface area contributed by atoms with Crippen molar-refractivity contribution >= 4 is 56.4 Å². The lowest BCUT2D eigenvalue weighted by Gasteiger charge is -2.35. The normalized spacial score (nSPS) is 27.5. The molecular weight excluding hydrogens is 687 g/mol. The first-order valence-corrected chi connectivity index (χ1v) is 19.5. The number of carbonyl (C=O) groups excluding carboxylic acids is 4. The zero-order chi connectivity index (χ0) is 37.6. The molecule has 3 fully saturated rings. The molecule has 2 aromatic rings. The third kappa shape index (κ3) is 7.81. The summed E-state index contributed by atoms with van der Waals surface area (Å²) in [6.45, 7) is 9.57. The number of aromatic nitrogens is 1. The number of rotatable bonds is 7. The highest BCUT2D eigenvalue weighted by molar-refractivity contribution is 7.91. The maximum Gasteiger partial charge on any atom is 0.306 e. The lowest BCUT2D eigenvalue weighted by Crippen LogP contribution is -2.57. The summed E-state index contributed by atoms with van der Waals surface area (Å²) in [5.41, 5.74) is -1.29. The Balaban J connectivity index is 1.37. The van der Waals surface area contributed by atoms with Crippen LogP contribution in [0, 0.1) is 17.3 Å². The number of anilines is 1. The third-order valence-electron chi connectivity index (χ3n) is 10.4. The number of benzene rings is 1. The summed E-state index contributed by atoms with van der Waals surface area (Å²) < 4.78 is 39.8. The highest BCUT2D eigenvalue weighted by atomic mass is 32.2. The number of hydrogen-bond acceptors (Lipinski definition) is 10. The first-order chi connectivity index (χ1) is 24.5. The molecule has 13 nitrogen and oxygen atoms in total. The molecule has 1 aromatic carbocycles. The molecular formula is C38H49N5O8S. The Labute approximate surface area is 305 Å². The maximum atomic E-state index is 14.6. The van der Waals surface area contributed by atoms with Crippen LogP contribution in [-0.2, 0) is 33.9 Å². The Hall–Kier alpha value is -4.46. The SMILES string of the molecule is C=C[C@H]1C[C@]1(NC(=O)[C@@H]1C[C@@H]2CN1C(=O)[C@H](C(C)(C)C)CC(=O)OCCC/C=C/c1ccc3cc(N(C)C)nc(c3c1)O2)C(=O)NS(=O)(=O)C1CC1. The Bertz CT molecular complexity index is 1920. The van der Waals surface area contributed by atoms with Crippen LogP contribution in [0.2, 0.25) is 0 Å². The van der Waals surface area contributed by atoms with Crippen LogP contribution in [0.3, 0.4) is 0 Å². The zero-order valence-corrected chi connectivity index (χ0v) is 31.3. The Morgan fingerprint density at radius 1 is 1.15 bits per heavy atom. The van der Waals surface area contributed by atoms with Crippen molar-refractivity contribution in [2.24, 2.45) is 17.3 Å². The van der Waals surface area contributed by atoms with Gasteiger partial charge in [0.2, 0.25) is 27.7 Å². The number of nitrogens with one attached hydrogen (secondary N) is 2. The molecule has 0 spiro atoms. The number of cyclic esters (lactones) is 1. The highest BCUT2D eigenvalue weighted by Gasteiger charge is 2.62. The van der Waals surface area contributed by atoms with E-state index in [1.807, 2.05) is 76.2 Å². The quantitative estimate of drug-likeness (QED) is 0.317. The second-order valence-electron chi connectivity index (χ2n) is 15.7. The van der Waals surface area contributed by atoms with E-state index in [2.05, 4.69) is 16.6 Å². The lowest BCUT2D eigenvalue weighted by atomic mass is 9.77. The molecule has 5 atom stereocenters. The first-order valence-electron chi connectivity index (χ1n) is 17.9. The summed E-state index contributed by atoms with van der Waals surface area (Å²) in [7, 11) is -0.130. The van der Waals surface area contributed by atoms with Gasteiger partial charge in [-0.25, -0.2) is 8.42 Å². The van der Waals surface area contributed by atoms with Gasteiger partial charge in [0.1, 0.15) is 23.5 Å². The van der Waals surface area contributed by atoms with Gasteiger partial charge in [0, 0.05) is 31.8 Å². The van der Waals surface area contributed by atoms with E-state index < -0.39 is 73.9 Å². The number of carbonyl (C=O) groups is 4. The average Bonchev–Trinajstić information content (AvgIpc) is 4.00. The molecule has 4 bridgehead atoms. The Morgan fingerprint density at radius 3 is 2.56 bits per heavy atom. The molecule has 1 saturated heterocycles. The second kappa shape index (κ2) is 14.2. The number of sulfonamides is 1. The summed E-state index contributed by atoms with van der Waals surface area (Å²) in [5, 5.41) is 3.86. The van der Waals surface area contributed by atoms with E-state index in [4.69, 9.17) is 14.5 Å². The molecule has 2 aliphatic heterocycles. The fraction of sp³-hybridized carbons (Fsp3) is 0.553. The number of esters is 1. The van der Waals surface area contributed by atoms with Crippen LogP contribution >= 0.6 is 0 Å². The Kier molecular flexibility index (Phi) is 10.2. The number of nitrogens with zero attached hydrogens (tertiary/aromatic N) is 3. The van der Waals surface area contributed by atoms with Crippen LogP contribution in [-0.4, -0.2) is 92.2 Å². The van der Waals surface area contributed by atoms with Crippen molar-refractivity contribution in [3.8, 4) is 5.88 Å². The summed E-state index contributed by atoms with van der Waals surface area (Å²) >= 11 is 0. The molecule has 3 heterocycles. The van der Waals surface area contributed by atoms with Crippen LogP contribution < -0.4 is 19.7 Å². The van der Waals surface area contributed by atoms with E-state index in [0.29, 0.717) is 37.4 Å².